The van der Waals surface area contributed by atoms with E-state index in [1.807, 2.05) is 16.3 Å². The fourth-order valence-corrected chi connectivity index (χ4v) is 4.61. The molecular formula is C16H13ClN2O2S2. The molecule has 4 heterocycles. The number of carbonyl (C=O) groups excluding carboxylic acids is 1. The summed E-state index contributed by atoms with van der Waals surface area (Å²) in [6.07, 6.45) is 2.01. The van der Waals surface area contributed by atoms with Crippen molar-refractivity contribution in [2.45, 2.75) is 18.9 Å². The van der Waals surface area contributed by atoms with Gasteiger partial charge in [-0.15, -0.1) is 11.3 Å². The van der Waals surface area contributed by atoms with E-state index in [2.05, 4.69) is 16.6 Å². The maximum absolute atomic E-state index is 12.8. The number of carbonyl (C=O) groups is 1. The van der Waals surface area contributed by atoms with Crippen molar-refractivity contribution < 1.29 is 9.32 Å². The van der Waals surface area contributed by atoms with E-state index in [0.29, 0.717) is 15.8 Å². The zero-order valence-corrected chi connectivity index (χ0v) is 14.5. The minimum Gasteiger partial charge on any atom is -0.355 e. The topological polar surface area (TPSA) is 46.3 Å². The lowest BCUT2D eigenvalue weighted by atomic mass is 10.1. The standard InChI is InChI=1S/C16H13ClN2O2S2/c17-15-4-3-14(23-15)13-8-11(18-21-13)16(20)19-6-1-2-12(19)10-5-7-22-9-10/h3-5,7-9,12H,1-2,6H2/t12-/m1/s1. The summed E-state index contributed by atoms with van der Waals surface area (Å²) in [5.74, 6) is 0.507. The molecule has 0 radical (unpaired) electrons. The van der Waals surface area contributed by atoms with E-state index < -0.39 is 0 Å². The fraction of sp³-hybridized carbons (Fsp3) is 0.250. The Morgan fingerprint density at radius 3 is 3.04 bits per heavy atom. The minimum atomic E-state index is -0.0728. The van der Waals surface area contributed by atoms with Crippen molar-refractivity contribution in [3.8, 4) is 10.6 Å². The molecule has 4 nitrogen and oxygen atoms in total. The third kappa shape index (κ3) is 2.82. The zero-order valence-electron chi connectivity index (χ0n) is 12.1. The molecule has 118 valence electrons. The molecule has 1 amide bonds. The largest absolute Gasteiger partial charge is 0.355 e. The van der Waals surface area contributed by atoms with Crippen molar-refractivity contribution in [1.29, 1.82) is 0 Å². The van der Waals surface area contributed by atoms with Crippen molar-refractivity contribution >= 4 is 40.2 Å². The zero-order chi connectivity index (χ0) is 15.8. The van der Waals surface area contributed by atoms with E-state index in [4.69, 9.17) is 16.1 Å². The van der Waals surface area contributed by atoms with Gasteiger partial charge >= 0.3 is 0 Å². The van der Waals surface area contributed by atoms with Gasteiger partial charge in [0.15, 0.2) is 11.5 Å². The van der Waals surface area contributed by atoms with Gasteiger partial charge in [0.1, 0.15) is 0 Å². The van der Waals surface area contributed by atoms with Crippen molar-refractivity contribution in [2.24, 2.45) is 0 Å². The second kappa shape index (κ2) is 6.11. The van der Waals surface area contributed by atoms with Crippen LogP contribution in [-0.2, 0) is 0 Å². The monoisotopic (exact) mass is 364 g/mol. The quantitative estimate of drug-likeness (QED) is 0.649. The van der Waals surface area contributed by atoms with Gasteiger partial charge in [-0.05, 0) is 47.4 Å². The molecule has 1 aliphatic rings. The average molecular weight is 365 g/mol. The third-order valence-electron chi connectivity index (χ3n) is 3.99. The van der Waals surface area contributed by atoms with Crippen LogP contribution in [0.4, 0.5) is 0 Å². The molecule has 0 unspecified atom stereocenters. The molecule has 1 fully saturated rings. The highest BCUT2D eigenvalue weighted by atomic mass is 35.5. The van der Waals surface area contributed by atoms with Gasteiger partial charge in [0.25, 0.3) is 5.91 Å². The van der Waals surface area contributed by atoms with Gasteiger partial charge in [0.05, 0.1) is 15.3 Å². The van der Waals surface area contributed by atoms with Gasteiger partial charge in [-0.2, -0.15) is 11.3 Å². The van der Waals surface area contributed by atoms with Crippen LogP contribution in [0.25, 0.3) is 10.6 Å². The predicted octanol–water partition coefficient (Wildman–Crippen LogP) is 5.10. The molecule has 3 aromatic heterocycles. The minimum absolute atomic E-state index is 0.0728. The average Bonchev–Trinajstić information content (AvgIpc) is 3.31. The molecule has 1 aliphatic heterocycles. The second-order valence-corrected chi connectivity index (χ2v) is 7.89. The fourth-order valence-electron chi connectivity index (χ4n) is 2.91. The molecule has 0 bridgehead atoms. The molecule has 3 aromatic rings. The predicted molar refractivity (Wildman–Crippen MR) is 92.2 cm³/mol. The summed E-state index contributed by atoms with van der Waals surface area (Å²) in [5, 5.41) is 8.12. The molecule has 0 saturated carbocycles. The van der Waals surface area contributed by atoms with Crippen LogP contribution in [0.2, 0.25) is 4.34 Å². The Labute approximate surface area is 146 Å². The Balaban J connectivity index is 1.58. The number of nitrogens with zero attached hydrogens (tertiary/aromatic N) is 2. The number of thiophene rings is 2. The van der Waals surface area contributed by atoms with E-state index in [9.17, 15) is 4.79 Å². The Hall–Kier alpha value is -1.63. The molecular weight excluding hydrogens is 352 g/mol. The van der Waals surface area contributed by atoms with Gasteiger partial charge in [0, 0.05) is 12.6 Å². The number of hydrogen-bond acceptors (Lipinski definition) is 5. The first-order chi connectivity index (χ1) is 11.2. The molecule has 4 rings (SSSR count). The van der Waals surface area contributed by atoms with Gasteiger partial charge in [-0.25, -0.2) is 0 Å². The molecule has 1 saturated heterocycles. The number of amides is 1. The number of aromatic nitrogens is 1. The molecule has 0 spiro atoms. The van der Waals surface area contributed by atoms with E-state index in [1.165, 1.54) is 16.9 Å². The van der Waals surface area contributed by atoms with Crippen LogP contribution < -0.4 is 0 Å². The molecule has 0 aliphatic carbocycles. The summed E-state index contributed by atoms with van der Waals surface area (Å²) in [4.78, 5) is 15.6. The van der Waals surface area contributed by atoms with Gasteiger partial charge < -0.3 is 9.42 Å². The van der Waals surface area contributed by atoms with Gasteiger partial charge in [-0.3, -0.25) is 4.79 Å². The summed E-state index contributed by atoms with van der Waals surface area (Å²) in [5.41, 5.74) is 1.56. The second-order valence-electron chi connectivity index (χ2n) is 5.39. The number of hydrogen-bond donors (Lipinski definition) is 0. The first-order valence-electron chi connectivity index (χ1n) is 7.28. The maximum Gasteiger partial charge on any atom is 0.276 e. The molecule has 7 heteroatoms. The summed E-state index contributed by atoms with van der Waals surface area (Å²) >= 11 is 9.00. The SMILES string of the molecule is O=C(c1cc(-c2ccc(Cl)s2)on1)N1CCC[C@@H]1c1ccsc1. The number of rotatable bonds is 3. The lowest BCUT2D eigenvalue weighted by molar-refractivity contribution is 0.0725. The third-order valence-corrected chi connectivity index (χ3v) is 5.93. The van der Waals surface area contributed by atoms with E-state index in [0.717, 1.165) is 24.3 Å². The molecule has 0 N–H and O–H groups in total. The first kappa shape index (κ1) is 14.9. The van der Waals surface area contributed by atoms with Crippen molar-refractivity contribution in [3.63, 3.8) is 0 Å². The number of likely N-dealkylation sites (tertiary alicyclic amines) is 1. The van der Waals surface area contributed by atoms with Gasteiger partial charge in [0.2, 0.25) is 0 Å². The van der Waals surface area contributed by atoms with Crippen LogP contribution in [0.3, 0.4) is 0 Å². The Kier molecular flexibility index (Phi) is 3.97. The smallest absolute Gasteiger partial charge is 0.276 e. The summed E-state index contributed by atoms with van der Waals surface area (Å²) in [7, 11) is 0. The van der Waals surface area contributed by atoms with Gasteiger partial charge in [-0.1, -0.05) is 16.8 Å². The Morgan fingerprint density at radius 1 is 1.39 bits per heavy atom. The Bertz CT molecular complexity index is 825. The van der Waals surface area contributed by atoms with E-state index in [1.54, 1.807) is 23.5 Å². The van der Waals surface area contributed by atoms with E-state index in [-0.39, 0.29) is 11.9 Å². The van der Waals surface area contributed by atoms with Crippen LogP contribution in [0.15, 0.2) is 39.5 Å². The Morgan fingerprint density at radius 2 is 2.30 bits per heavy atom. The lowest BCUT2D eigenvalue weighted by Crippen LogP contribution is -2.30. The van der Waals surface area contributed by atoms with Crippen molar-refractivity contribution in [2.75, 3.05) is 6.54 Å². The van der Waals surface area contributed by atoms with Crippen LogP contribution in [0.5, 0.6) is 0 Å². The van der Waals surface area contributed by atoms with Crippen LogP contribution in [-0.4, -0.2) is 22.5 Å². The molecule has 23 heavy (non-hydrogen) atoms. The van der Waals surface area contributed by atoms with E-state index >= 15 is 0 Å². The van der Waals surface area contributed by atoms with Crippen molar-refractivity contribution in [1.82, 2.24) is 10.1 Å². The van der Waals surface area contributed by atoms with Crippen molar-refractivity contribution in [3.05, 3.63) is 50.6 Å². The van der Waals surface area contributed by atoms with Crippen LogP contribution in [0.1, 0.15) is 34.9 Å². The highest BCUT2D eigenvalue weighted by Gasteiger charge is 2.32. The normalized spacial score (nSPS) is 17.8. The summed E-state index contributed by atoms with van der Waals surface area (Å²) in [6, 6.07) is 7.60. The molecule has 0 aromatic carbocycles. The highest BCUT2D eigenvalue weighted by molar-refractivity contribution is 7.19. The lowest BCUT2D eigenvalue weighted by Gasteiger charge is -2.23. The summed E-state index contributed by atoms with van der Waals surface area (Å²) < 4.78 is 6.01. The highest BCUT2D eigenvalue weighted by Crippen LogP contribution is 2.35. The molecule has 1 atom stereocenters. The number of halogens is 1. The van der Waals surface area contributed by atoms with Crippen LogP contribution in [0, 0.1) is 0 Å². The van der Waals surface area contributed by atoms with Crippen LogP contribution >= 0.6 is 34.3 Å². The summed E-state index contributed by atoms with van der Waals surface area (Å²) in [6.45, 7) is 0.756. The first-order valence-corrected chi connectivity index (χ1v) is 9.41. The maximum atomic E-state index is 12.8.